The topological polar surface area (TPSA) is 258 Å². The predicted octanol–water partition coefficient (Wildman–Crippen LogP) is 1.33. The van der Waals surface area contributed by atoms with Gasteiger partial charge < -0.3 is 79.5 Å². The second-order valence-corrected chi connectivity index (χ2v) is 23.7. The lowest BCUT2D eigenvalue weighted by atomic mass is 9.31. The molecule has 3 aliphatic heterocycles. The fourth-order valence-electron chi connectivity index (χ4n) is 16.4. The largest absolute Gasteiger partial charge is 0.393 e. The summed E-state index contributed by atoms with van der Waals surface area (Å²) in [6.07, 6.45) is -14.0. The summed E-state index contributed by atoms with van der Waals surface area (Å²) in [7, 11) is 0. The Bertz CT molecular complexity index is 1650. The van der Waals surface area contributed by atoms with Crippen LogP contribution in [0.4, 0.5) is 0 Å². The Balaban J connectivity index is 1.07. The second kappa shape index (κ2) is 16.5. The molecule has 0 aromatic heterocycles. The third-order valence-corrected chi connectivity index (χ3v) is 19.6. The molecule has 0 unspecified atom stereocenters. The van der Waals surface area contributed by atoms with Gasteiger partial charge >= 0.3 is 0 Å². The summed E-state index contributed by atoms with van der Waals surface area (Å²) in [6.45, 7) is 20.3. The first-order valence-electron chi connectivity index (χ1n) is 23.9. The van der Waals surface area contributed by atoms with Crippen LogP contribution in [0, 0.1) is 56.7 Å². The highest BCUT2D eigenvalue weighted by Gasteiger charge is 2.75. The lowest BCUT2D eigenvalue weighted by molar-refractivity contribution is -0.367. The van der Waals surface area contributed by atoms with Crippen LogP contribution < -0.4 is 0 Å². The SMILES string of the molecule is C[C@@H]1O[C@@H](O[C@H]2[C@H](O[C@H]3CC[C@]4(C)[C@H]5CC[C@@H]6[C@@]7(C)CC[C@@H](C(C)(C)O)[C@@H]7[C@@H](O[C@@H]7O[C@@H](C)[C@H](O)[C@@H](O)[C@H]7O)C[C@@]6(C)[C@]5(C)C[C@H](O)[C@H]4C3(C)C)OC[C@@H](O)[C@@H]2O)[C@H](O)[C@H](O)[C@H]1O. The summed E-state index contributed by atoms with van der Waals surface area (Å²) in [5, 5.41) is 110. The van der Waals surface area contributed by atoms with Crippen LogP contribution in [0.2, 0.25) is 0 Å². The van der Waals surface area contributed by atoms with E-state index in [1.165, 1.54) is 6.92 Å². The van der Waals surface area contributed by atoms with E-state index in [1.54, 1.807) is 6.92 Å². The van der Waals surface area contributed by atoms with Gasteiger partial charge in [0.1, 0.15) is 54.9 Å². The first kappa shape index (κ1) is 48.8. The molecule has 26 atom stereocenters. The van der Waals surface area contributed by atoms with Crippen molar-refractivity contribution in [3.05, 3.63) is 0 Å². The molecule has 16 nitrogen and oxygen atoms in total. The highest BCUT2D eigenvalue weighted by Crippen LogP contribution is 2.78. The van der Waals surface area contributed by atoms with E-state index in [0.29, 0.717) is 19.3 Å². The highest BCUT2D eigenvalue weighted by atomic mass is 16.8. The maximum absolute atomic E-state index is 12.8. The molecule has 5 aliphatic carbocycles. The molecular weight excluding hydrogens is 821 g/mol. The third-order valence-electron chi connectivity index (χ3n) is 19.6. The van der Waals surface area contributed by atoms with Crippen molar-refractivity contribution in [2.45, 2.75) is 231 Å². The van der Waals surface area contributed by atoms with Gasteiger partial charge in [-0.1, -0.05) is 41.5 Å². The highest BCUT2D eigenvalue weighted by molar-refractivity contribution is 5.23. The first-order chi connectivity index (χ1) is 29.1. The van der Waals surface area contributed by atoms with Gasteiger partial charge in [0.25, 0.3) is 0 Å². The zero-order valence-electron chi connectivity index (χ0n) is 39.0. The van der Waals surface area contributed by atoms with Crippen molar-refractivity contribution < 1.29 is 79.5 Å². The molecule has 5 saturated carbocycles. The minimum atomic E-state index is -1.65. The number of ether oxygens (including phenoxy) is 6. The van der Waals surface area contributed by atoms with Crippen LogP contribution in [0.3, 0.4) is 0 Å². The molecule has 63 heavy (non-hydrogen) atoms. The molecule has 3 saturated heterocycles. The maximum atomic E-state index is 12.8. The van der Waals surface area contributed by atoms with E-state index >= 15 is 0 Å². The van der Waals surface area contributed by atoms with Gasteiger partial charge in [-0.2, -0.15) is 0 Å². The minimum Gasteiger partial charge on any atom is -0.393 e. The monoisotopic (exact) mass is 901 g/mol. The summed E-state index contributed by atoms with van der Waals surface area (Å²) in [5.41, 5.74) is -2.95. The Morgan fingerprint density at radius 2 is 1.08 bits per heavy atom. The number of hydrogen-bond donors (Lipinski definition) is 10. The van der Waals surface area contributed by atoms with Crippen molar-refractivity contribution in [2.75, 3.05) is 6.61 Å². The minimum absolute atomic E-state index is 0.0726. The quantitative estimate of drug-likeness (QED) is 0.162. The molecule has 3 heterocycles. The number of rotatable bonds is 7. The van der Waals surface area contributed by atoms with Crippen molar-refractivity contribution in [1.29, 1.82) is 0 Å². The molecule has 0 spiro atoms. The van der Waals surface area contributed by atoms with Gasteiger partial charge in [0.15, 0.2) is 18.9 Å². The van der Waals surface area contributed by atoms with Crippen LogP contribution in [0.1, 0.15) is 121 Å². The standard InChI is InChI=1S/C47H80O16/c1-20-30(50)33(53)35(55)39(59-20)61-25-18-47(10)26(44(7)15-13-22(29(25)44)43(5,6)57)11-12-27-45(8)16-14-28(42(3,4)38(45)23(48)17-46(27,47)9)62-41-37(32(52)24(49)19-58-41)63-40-36(56)34(54)31(51)21(2)60-40/h20-41,48-57H,11-19H2,1-10H3/t20-,21-,22+,23-,24+,25-,26+,27+,28-,29+,30-,31-,32-,33+,34+,35+,36+,37+,38-,39-,40-,41-,44+,45+,46+,47+/m0/s1. The second-order valence-electron chi connectivity index (χ2n) is 23.7. The van der Waals surface area contributed by atoms with E-state index in [1.807, 2.05) is 13.8 Å². The van der Waals surface area contributed by atoms with E-state index < -0.39 is 115 Å². The van der Waals surface area contributed by atoms with E-state index in [0.717, 1.165) is 32.1 Å². The number of aliphatic hydroxyl groups excluding tert-OH is 9. The van der Waals surface area contributed by atoms with E-state index in [-0.39, 0.29) is 57.9 Å². The Kier molecular flexibility index (Phi) is 12.8. The van der Waals surface area contributed by atoms with Gasteiger partial charge in [-0.05, 0) is 136 Å². The van der Waals surface area contributed by atoms with Crippen LogP contribution in [0.15, 0.2) is 0 Å². The van der Waals surface area contributed by atoms with E-state index in [9.17, 15) is 51.1 Å². The van der Waals surface area contributed by atoms with Gasteiger partial charge in [0, 0.05) is 0 Å². The van der Waals surface area contributed by atoms with Crippen LogP contribution in [0.5, 0.6) is 0 Å². The fourth-order valence-corrected chi connectivity index (χ4v) is 16.4. The Labute approximate surface area is 372 Å². The lowest BCUT2D eigenvalue weighted by Crippen LogP contribution is -2.72. The van der Waals surface area contributed by atoms with Crippen molar-refractivity contribution >= 4 is 0 Å². The number of aliphatic hydroxyl groups is 10. The van der Waals surface area contributed by atoms with Crippen molar-refractivity contribution in [1.82, 2.24) is 0 Å². The first-order valence-corrected chi connectivity index (χ1v) is 23.9. The van der Waals surface area contributed by atoms with Crippen molar-refractivity contribution in [2.24, 2.45) is 56.7 Å². The Morgan fingerprint density at radius 1 is 0.556 bits per heavy atom. The molecule has 8 rings (SSSR count). The summed E-state index contributed by atoms with van der Waals surface area (Å²) in [5.74, 6) is 0.0573. The van der Waals surface area contributed by atoms with Gasteiger partial charge in [-0.3, -0.25) is 0 Å². The number of fused-ring (bicyclic) bond motifs is 7. The third kappa shape index (κ3) is 7.45. The Morgan fingerprint density at radius 3 is 1.65 bits per heavy atom. The van der Waals surface area contributed by atoms with E-state index in [4.69, 9.17) is 28.4 Å². The zero-order valence-corrected chi connectivity index (χ0v) is 39.0. The average Bonchev–Trinajstić information content (AvgIpc) is 3.57. The normalized spacial score (nSPS) is 58.3. The van der Waals surface area contributed by atoms with E-state index in [2.05, 4.69) is 41.5 Å². The molecule has 8 fully saturated rings. The summed E-state index contributed by atoms with van der Waals surface area (Å²) in [6, 6.07) is 0. The smallest absolute Gasteiger partial charge is 0.187 e. The molecule has 0 radical (unpaired) electrons. The van der Waals surface area contributed by atoms with Crippen LogP contribution in [0.25, 0.3) is 0 Å². The molecule has 0 amide bonds. The van der Waals surface area contributed by atoms with Gasteiger partial charge in [0.05, 0.1) is 42.7 Å². The van der Waals surface area contributed by atoms with Gasteiger partial charge in [-0.15, -0.1) is 0 Å². The molecule has 0 aromatic rings. The van der Waals surface area contributed by atoms with Gasteiger partial charge in [-0.25, -0.2) is 0 Å². The molecule has 0 aromatic carbocycles. The summed E-state index contributed by atoms with van der Waals surface area (Å²) in [4.78, 5) is 0. The average molecular weight is 901 g/mol. The lowest BCUT2D eigenvalue weighted by Gasteiger charge is -2.74. The van der Waals surface area contributed by atoms with Crippen molar-refractivity contribution in [3.8, 4) is 0 Å². The molecule has 364 valence electrons. The fraction of sp³-hybridized carbons (Fsp3) is 1.00. The summed E-state index contributed by atoms with van der Waals surface area (Å²) < 4.78 is 37.5. The number of hydrogen-bond acceptors (Lipinski definition) is 16. The van der Waals surface area contributed by atoms with Crippen LogP contribution in [-0.4, -0.2) is 168 Å². The van der Waals surface area contributed by atoms with Gasteiger partial charge in [0.2, 0.25) is 0 Å². The summed E-state index contributed by atoms with van der Waals surface area (Å²) >= 11 is 0. The van der Waals surface area contributed by atoms with Crippen LogP contribution in [-0.2, 0) is 28.4 Å². The van der Waals surface area contributed by atoms with Crippen LogP contribution >= 0.6 is 0 Å². The molecule has 0 bridgehead atoms. The predicted molar refractivity (Wildman–Crippen MR) is 224 cm³/mol. The molecule has 10 N–H and O–H groups in total. The molecular formula is C47H80O16. The zero-order chi connectivity index (χ0) is 46.3. The maximum Gasteiger partial charge on any atom is 0.187 e. The Hall–Kier alpha value is -0.640. The molecule has 16 heteroatoms. The molecule has 8 aliphatic rings. The van der Waals surface area contributed by atoms with Crippen molar-refractivity contribution in [3.63, 3.8) is 0 Å².